The van der Waals surface area contributed by atoms with Crippen LogP contribution < -0.4 is 10.6 Å². The predicted molar refractivity (Wildman–Crippen MR) is 68.1 cm³/mol. The quantitative estimate of drug-likeness (QED) is 0.531. The summed E-state index contributed by atoms with van der Waals surface area (Å²) in [5.74, 6) is 0.531. The van der Waals surface area contributed by atoms with Gasteiger partial charge >= 0.3 is 0 Å². The van der Waals surface area contributed by atoms with Gasteiger partial charge in [-0.05, 0) is 25.3 Å². The first-order valence-electron chi connectivity index (χ1n) is 6.33. The minimum Gasteiger partial charge on any atom is -0.383 e. The first kappa shape index (κ1) is 14.9. The lowest BCUT2D eigenvalue weighted by Crippen LogP contribution is -2.42. The number of likely N-dealkylation sites (N-methyl/N-ethyl adjacent to an activating group) is 1. The van der Waals surface area contributed by atoms with Gasteiger partial charge in [0.1, 0.15) is 0 Å². The van der Waals surface area contributed by atoms with Crippen LogP contribution in [0.1, 0.15) is 12.8 Å². The van der Waals surface area contributed by atoms with Crippen LogP contribution in [-0.2, 0) is 14.3 Å². The summed E-state index contributed by atoms with van der Waals surface area (Å²) in [7, 11) is 3.21. The standard InChI is InChI=1S/C12H23N3O3/c1-15(9-11(16)14-5-6-18-2)12(17)8-13-7-10-3-4-10/h10,13H,3-9H2,1-2H3,(H,14,16). The Bertz CT molecular complexity index is 280. The maximum atomic E-state index is 11.7. The fourth-order valence-electron chi connectivity index (χ4n) is 1.49. The van der Waals surface area contributed by atoms with Gasteiger partial charge in [-0.2, -0.15) is 0 Å². The fraction of sp³-hybridized carbons (Fsp3) is 0.833. The van der Waals surface area contributed by atoms with Crippen molar-refractivity contribution in [2.75, 3.05) is 46.9 Å². The zero-order valence-electron chi connectivity index (χ0n) is 11.2. The van der Waals surface area contributed by atoms with Crippen LogP contribution in [0.5, 0.6) is 0 Å². The molecule has 18 heavy (non-hydrogen) atoms. The average Bonchev–Trinajstić information content (AvgIpc) is 3.13. The summed E-state index contributed by atoms with van der Waals surface area (Å²) >= 11 is 0. The average molecular weight is 257 g/mol. The number of nitrogens with one attached hydrogen (secondary N) is 2. The number of amides is 2. The molecule has 0 aromatic rings. The Hall–Kier alpha value is -1.14. The number of rotatable bonds is 9. The molecule has 104 valence electrons. The second-order valence-corrected chi connectivity index (χ2v) is 4.67. The van der Waals surface area contributed by atoms with E-state index >= 15 is 0 Å². The molecule has 1 saturated carbocycles. The van der Waals surface area contributed by atoms with Crippen LogP contribution in [0.15, 0.2) is 0 Å². The van der Waals surface area contributed by atoms with Gasteiger partial charge < -0.3 is 20.3 Å². The van der Waals surface area contributed by atoms with Gasteiger partial charge in [-0.25, -0.2) is 0 Å². The molecule has 1 fully saturated rings. The molecule has 0 heterocycles. The molecule has 0 aliphatic heterocycles. The Morgan fingerprint density at radius 1 is 1.39 bits per heavy atom. The summed E-state index contributed by atoms with van der Waals surface area (Å²) in [5, 5.41) is 5.79. The van der Waals surface area contributed by atoms with Gasteiger partial charge in [-0.15, -0.1) is 0 Å². The molecule has 1 aliphatic carbocycles. The third kappa shape index (κ3) is 6.56. The Labute approximate surface area is 108 Å². The van der Waals surface area contributed by atoms with Gasteiger partial charge in [-0.3, -0.25) is 9.59 Å². The van der Waals surface area contributed by atoms with Crippen LogP contribution in [0.2, 0.25) is 0 Å². The van der Waals surface area contributed by atoms with Crippen molar-refractivity contribution < 1.29 is 14.3 Å². The van der Waals surface area contributed by atoms with Gasteiger partial charge in [0, 0.05) is 20.7 Å². The van der Waals surface area contributed by atoms with Crippen LogP contribution in [0, 0.1) is 5.92 Å². The Morgan fingerprint density at radius 3 is 2.72 bits per heavy atom. The van der Waals surface area contributed by atoms with Crippen molar-refractivity contribution in [1.29, 1.82) is 0 Å². The van der Waals surface area contributed by atoms with Crippen molar-refractivity contribution in [2.45, 2.75) is 12.8 Å². The normalized spacial score (nSPS) is 14.3. The number of hydrogen-bond acceptors (Lipinski definition) is 4. The Balaban J connectivity index is 2.07. The molecule has 0 bridgehead atoms. The zero-order chi connectivity index (χ0) is 13.4. The SMILES string of the molecule is COCCNC(=O)CN(C)C(=O)CNCC1CC1. The van der Waals surface area contributed by atoms with Gasteiger partial charge in [-0.1, -0.05) is 0 Å². The Kier molecular flexibility index (Phi) is 6.67. The summed E-state index contributed by atoms with van der Waals surface area (Å²) in [6.45, 7) is 2.25. The van der Waals surface area contributed by atoms with E-state index in [1.165, 1.54) is 17.7 Å². The summed E-state index contributed by atoms with van der Waals surface area (Å²) in [4.78, 5) is 24.5. The molecule has 1 rings (SSSR count). The van der Waals surface area contributed by atoms with E-state index in [4.69, 9.17) is 4.74 Å². The molecule has 0 atom stereocenters. The fourth-order valence-corrected chi connectivity index (χ4v) is 1.49. The largest absolute Gasteiger partial charge is 0.383 e. The molecule has 2 amide bonds. The van der Waals surface area contributed by atoms with Crippen molar-refractivity contribution in [1.82, 2.24) is 15.5 Å². The molecule has 2 N–H and O–H groups in total. The minimum absolute atomic E-state index is 0.0578. The van der Waals surface area contributed by atoms with Crippen LogP contribution in [0.25, 0.3) is 0 Å². The molecule has 1 aliphatic rings. The summed E-state index contributed by atoms with van der Waals surface area (Å²) in [6.07, 6.45) is 2.53. The summed E-state index contributed by atoms with van der Waals surface area (Å²) in [5.41, 5.74) is 0. The second kappa shape index (κ2) is 8.05. The molecule has 6 heteroatoms. The maximum Gasteiger partial charge on any atom is 0.239 e. The third-order valence-corrected chi connectivity index (χ3v) is 2.84. The van der Waals surface area contributed by atoms with Crippen molar-refractivity contribution in [2.24, 2.45) is 5.92 Å². The van der Waals surface area contributed by atoms with Gasteiger partial charge in [0.25, 0.3) is 0 Å². The van der Waals surface area contributed by atoms with E-state index in [0.717, 1.165) is 12.5 Å². The number of carbonyl (C=O) groups is 2. The summed E-state index contributed by atoms with van der Waals surface area (Å²) in [6, 6.07) is 0. The number of nitrogens with zero attached hydrogens (tertiary/aromatic N) is 1. The van der Waals surface area contributed by atoms with Gasteiger partial charge in [0.05, 0.1) is 19.7 Å². The highest BCUT2D eigenvalue weighted by Gasteiger charge is 2.21. The molecule has 0 aromatic carbocycles. The van der Waals surface area contributed by atoms with E-state index < -0.39 is 0 Å². The summed E-state index contributed by atoms with van der Waals surface area (Å²) < 4.78 is 4.82. The van der Waals surface area contributed by atoms with E-state index in [0.29, 0.717) is 19.7 Å². The lowest BCUT2D eigenvalue weighted by Gasteiger charge is -2.17. The molecule has 6 nitrogen and oxygen atoms in total. The molecule has 0 aromatic heterocycles. The van der Waals surface area contributed by atoms with Gasteiger partial charge in [0.15, 0.2) is 0 Å². The highest BCUT2D eigenvalue weighted by molar-refractivity contribution is 5.85. The van der Waals surface area contributed by atoms with Crippen molar-refractivity contribution >= 4 is 11.8 Å². The van der Waals surface area contributed by atoms with Crippen LogP contribution in [0.3, 0.4) is 0 Å². The second-order valence-electron chi connectivity index (χ2n) is 4.67. The van der Waals surface area contributed by atoms with Crippen molar-refractivity contribution in [3.8, 4) is 0 Å². The monoisotopic (exact) mass is 257 g/mol. The van der Waals surface area contributed by atoms with Crippen LogP contribution >= 0.6 is 0 Å². The molecule has 0 radical (unpaired) electrons. The molecular formula is C12H23N3O3. The van der Waals surface area contributed by atoms with E-state index in [1.54, 1.807) is 14.2 Å². The van der Waals surface area contributed by atoms with E-state index in [-0.39, 0.29) is 18.4 Å². The Morgan fingerprint density at radius 2 is 2.11 bits per heavy atom. The number of carbonyl (C=O) groups excluding carboxylic acids is 2. The molecular weight excluding hydrogens is 234 g/mol. The van der Waals surface area contributed by atoms with Gasteiger partial charge in [0.2, 0.25) is 11.8 Å². The van der Waals surface area contributed by atoms with E-state index in [1.807, 2.05) is 0 Å². The minimum atomic E-state index is -0.162. The zero-order valence-corrected chi connectivity index (χ0v) is 11.2. The lowest BCUT2D eigenvalue weighted by atomic mass is 10.4. The van der Waals surface area contributed by atoms with E-state index in [9.17, 15) is 9.59 Å². The first-order valence-corrected chi connectivity index (χ1v) is 6.33. The van der Waals surface area contributed by atoms with Crippen LogP contribution in [0.4, 0.5) is 0 Å². The number of methoxy groups -OCH3 is 1. The smallest absolute Gasteiger partial charge is 0.239 e. The third-order valence-electron chi connectivity index (χ3n) is 2.84. The van der Waals surface area contributed by atoms with E-state index in [2.05, 4.69) is 10.6 Å². The highest BCUT2D eigenvalue weighted by atomic mass is 16.5. The predicted octanol–water partition coefficient (Wildman–Crippen LogP) is -0.793. The van der Waals surface area contributed by atoms with Crippen LogP contribution in [-0.4, -0.2) is 63.7 Å². The lowest BCUT2D eigenvalue weighted by molar-refractivity contribution is -0.134. The number of hydrogen-bond donors (Lipinski definition) is 2. The highest BCUT2D eigenvalue weighted by Crippen LogP contribution is 2.27. The van der Waals surface area contributed by atoms with Crippen molar-refractivity contribution in [3.63, 3.8) is 0 Å². The maximum absolute atomic E-state index is 11.7. The topological polar surface area (TPSA) is 70.7 Å². The first-order chi connectivity index (χ1) is 8.63. The molecule has 0 spiro atoms. The molecule has 0 unspecified atom stereocenters. The molecule has 0 saturated heterocycles. The van der Waals surface area contributed by atoms with Crippen molar-refractivity contribution in [3.05, 3.63) is 0 Å². The number of ether oxygens (including phenoxy) is 1.